The zero-order chi connectivity index (χ0) is 10.8. The van der Waals surface area contributed by atoms with Gasteiger partial charge in [0.2, 0.25) is 0 Å². The first-order valence-corrected chi connectivity index (χ1v) is 5.65. The Kier molecular flexibility index (Phi) is 2.96. The van der Waals surface area contributed by atoms with E-state index >= 15 is 0 Å². The number of methoxy groups -OCH3 is 1. The van der Waals surface area contributed by atoms with Gasteiger partial charge in [0.1, 0.15) is 5.75 Å². The van der Waals surface area contributed by atoms with Crippen molar-refractivity contribution in [2.45, 2.75) is 38.6 Å². The van der Waals surface area contributed by atoms with Gasteiger partial charge in [0.05, 0.1) is 7.11 Å². The molecule has 2 rings (SSSR count). The third-order valence-corrected chi connectivity index (χ3v) is 3.04. The Bertz CT molecular complexity index is 358. The quantitative estimate of drug-likeness (QED) is 0.820. The van der Waals surface area contributed by atoms with E-state index in [-0.39, 0.29) is 6.04 Å². The first-order chi connectivity index (χ1) is 7.20. The summed E-state index contributed by atoms with van der Waals surface area (Å²) in [6.45, 7) is 2.03. The number of ether oxygens (including phenoxy) is 1. The van der Waals surface area contributed by atoms with E-state index < -0.39 is 0 Å². The van der Waals surface area contributed by atoms with Gasteiger partial charge in [-0.2, -0.15) is 0 Å². The molecule has 2 nitrogen and oxygen atoms in total. The van der Waals surface area contributed by atoms with Gasteiger partial charge in [-0.15, -0.1) is 0 Å². The minimum Gasteiger partial charge on any atom is -0.496 e. The summed E-state index contributed by atoms with van der Waals surface area (Å²) in [5.41, 5.74) is 10.0. The van der Waals surface area contributed by atoms with E-state index in [0.29, 0.717) is 0 Å². The monoisotopic (exact) mass is 205 g/mol. The van der Waals surface area contributed by atoms with E-state index in [1.54, 1.807) is 7.11 Å². The third-order valence-electron chi connectivity index (χ3n) is 3.04. The van der Waals surface area contributed by atoms with E-state index in [1.807, 2.05) is 6.92 Å². The fourth-order valence-electron chi connectivity index (χ4n) is 2.35. The Labute approximate surface area is 91.4 Å². The Morgan fingerprint density at radius 2 is 2.00 bits per heavy atom. The van der Waals surface area contributed by atoms with Gasteiger partial charge in [0, 0.05) is 6.04 Å². The third kappa shape index (κ3) is 2.15. The molecule has 82 valence electrons. The maximum absolute atomic E-state index is 5.84. The smallest absolute Gasteiger partial charge is 0.122 e. The van der Waals surface area contributed by atoms with Crippen LogP contribution in [0.3, 0.4) is 0 Å². The number of rotatable bonds is 3. The summed E-state index contributed by atoms with van der Waals surface area (Å²) in [5, 5.41) is 0. The Balaban J connectivity index is 2.35. The minimum absolute atomic E-state index is 0.193. The summed E-state index contributed by atoms with van der Waals surface area (Å²) >= 11 is 0. The number of fused-ring (bicyclic) bond motifs is 1. The molecule has 15 heavy (non-hydrogen) atoms. The summed E-state index contributed by atoms with van der Waals surface area (Å²) in [7, 11) is 1.74. The van der Waals surface area contributed by atoms with Crippen molar-refractivity contribution in [2.75, 3.05) is 7.11 Å². The molecule has 0 saturated heterocycles. The van der Waals surface area contributed by atoms with Gasteiger partial charge in [0.25, 0.3) is 0 Å². The van der Waals surface area contributed by atoms with Crippen molar-refractivity contribution in [3.63, 3.8) is 0 Å². The Morgan fingerprint density at radius 3 is 2.60 bits per heavy atom. The second kappa shape index (κ2) is 4.23. The van der Waals surface area contributed by atoms with Crippen molar-refractivity contribution >= 4 is 0 Å². The average molecular weight is 205 g/mol. The van der Waals surface area contributed by atoms with Crippen LogP contribution in [0.25, 0.3) is 0 Å². The Morgan fingerprint density at radius 1 is 1.33 bits per heavy atom. The SMILES string of the molecule is COc1cc2c(cc1CC(C)N)CCC2. The molecule has 0 fully saturated rings. The molecule has 2 N–H and O–H groups in total. The van der Waals surface area contributed by atoms with Crippen molar-refractivity contribution < 1.29 is 4.74 Å². The molecule has 2 heteroatoms. The first-order valence-electron chi connectivity index (χ1n) is 5.65. The lowest BCUT2D eigenvalue weighted by molar-refractivity contribution is 0.408. The maximum Gasteiger partial charge on any atom is 0.122 e. The molecule has 1 aliphatic rings. The van der Waals surface area contributed by atoms with E-state index in [2.05, 4.69) is 12.1 Å². The van der Waals surface area contributed by atoms with Crippen LogP contribution in [0.5, 0.6) is 5.75 Å². The van der Waals surface area contributed by atoms with Crippen molar-refractivity contribution in [2.24, 2.45) is 5.73 Å². The molecule has 0 amide bonds. The van der Waals surface area contributed by atoms with Crippen LogP contribution in [-0.4, -0.2) is 13.2 Å². The predicted molar refractivity (Wildman–Crippen MR) is 62.4 cm³/mol. The lowest BCUT2D eigenvalue weighted by Gasteiger charge is -2.13. The van der Waals surface area contributed by atoms with Crippen LogP contribution in [0.15, 0.2) is 12.1 Å². The highest BCUT2D eigenvalue weighted by Gasteiger charge is 2.15. The second-order valence-corrected chi connectivity index (χ2v) is 4.47. The van der Waals surface area contributed by atoms with Crippen molar-refractivity contribution in [3.05, 3.63) is 28.8 Å². The lowest BCUT2D eigenvalue weighted by Crippen LogP contribution is -2.18. The van der Waals surface area contributed by atoms with E-state index in [4.69, 9.17) is 10.5 Å². The highest BCUT2D eigenvalue weighted by molar-refractivity contribution is 5.45. The molecule has 1 unspecified atom stereocenters. The summed E-state index contributed by atoms with van der Waals surface area (Å²) in [5.74, 6) is 1.01. The summed E-state index contributed by atoms with van der Waals surface area (Å²) < 4.78 is 5.42. The van der Waals surface area contributed by atoms with E-state index in [1.165, 1.54) is 36.0 Å². The predicted octanol–water partition coefficient (Wildman–Crippen LogP) is 2.07. The summed E-state index contributed by atoms with van der Waals surface area (Å²) in [6, 6.07) is 4.67. The first kappa shape index (κ1) is 10.5. The highest BCUT2D eigenvalue weighted by atomic mass is 16.5. The normalized spacial score (nSPS) is 16.2. The van der Waals surface area contributed by atoms with Gasteiger partial charge < -0.3 is 10.5 Å². The van der Waals surface area contributed by atoms with Crippen LogP contribution in [0.2, 0.25) is 0 Å². The summed E-state index contributed by atoms with van der Waals surface area (Å²) in [6.07, 6.45) is 4.59. The van der Waals surface area contributed by atoms with Crippen LogP contribution in [0.1, 0.15) is 30.0 Å². The number of hydrogen-bond acceptors (Lipinski definition) is 2. The van der Waals surface area contributed by atoms with Gasteiger partial charge in [-0.05, 0) is 55.4 Å². The van der Waals surface area contributed by atoms with Crippen LogP contribution >= 0.6 is 0 Å². The number of nitrogens with two attached hydrogens (primary N) is 1. The highest BCUT2D eigenvalue weighted by Crippen LogP contribution is 2.30. The van der Waals surface area contributed by atoms with Crippen LogP contribution < -0.4 is 10.5 Å². The molecule has 1 aliphatic carbocycles. The van der Waals surface area contributed by atoms with Gasteiger partial charge in [-0.3, -0.25) is 0 Å². The van der Waals surface area contributed by atoms with E-state index in [9.17, 15) is 0 Å². The second-order valence-electron chi connectivity index (χ2n) is 4.47. The molecule has 0 bridgehead atoms. The molecular formula is C13H19NO. The molecule has 1 aromatic carbocycles. The largest absolute Gasteiger partial charge is 0.496 e. The standard InChI is InChI=1S/C13H19NO/c1-9(14)6-12-7-10-4-3-5-11(10)8-13(12)15-2/h7-9H,3-6,14H2,1-2H3. The lowest BCUT2D eigenvalue weighted by atomic mass is 10.0. The van der Waals surface area contributed by atoms with Crippen molar-refractivity contribution in [1.82, 2.24) is 0 Å². The minimum atomic E-state index is 0.193. The molecular weight excluding hydrogens is 186 g/mol. The maximum atomic E-state index is 5.84. The van der Waals surface area contributed by atoms with Crippen LogP contribution in [0, 0.1) is 0 Å². The average Bonchev–Trinajstić information content (AvgIpc) is 2.62. The van der Waals surface area contributed by atoms with Gasteiger partial charge in [-0.25, -0.2) is 0 Å². The van der Waals surface area contributed by atoms with Gasteiger partial charge >= 0.3 is 0 Å². The number of aryl methyl sites for hydroxylation is 2. The fraction of sp³-hybridized carbons (Fsp3) is 0.538. The molecule has 0 aromatic heterocycles. The molecule has 0 aliphatic heterocycles. The Hall–Kier alpha value is -1.02. The summed E-state index contributed by atoms with van der Waals surface area (Å²) in [4.78, 5) is 0. The fourth-order valence-corrected chi connectivity index (χ4v) is 2.35. The number of benzene rings is 1. The molecule has 0 spiro atoms. The topological polar surface area (TPSA) is 35.2 Å². The van der Waals surface area contributed by atoms with E-state index in [0.717, 1.165) is 12.2 Å². The number of hydrogen-bond donors (Lipinski definition) is 1. The van der Waals surface area contributed by atoms with Gasteiger partial charge in [-0.1, -0.05) is 6.07 Å². The molecule has 0 radical (unpaired) electrons. The molecule has 0 saturated carbocycles. The van der Waals surface area contributed by atoms with Crippen molar-refractivity contribution in [3.8, 4) is 5.75 Å². The zero-order valence-electron chi connectivity index (χ0n) is 9.55. The molecule has 1 aromatic rings. The van der Waals surface area contributed by atoms with Gasteiger partial charge in [0.15, 0.2) is 0 Å². The van der Waals surface area contributed by atoms with Crippen molar-refractivity contribution in [1.29, 1.82) is 0 Å². The zero-order valence-corrected chi connectivity index (χ0v) is 9.55. The van der Waals surface area contributed by atoms with Crippen LogP contribution in [0.4, 0.5) is 0 Å². The molecule has 1 atom stereocenters. The van der Waals surface area contributed by atoms with Crippen LogP contribution in [-0.2, 0) is 19.3 Å². The molecule has 0 heterocycles.